The van der Waals surface area contributed by atoms with Crippen LogP contribution in [0.3, 0.4) is 0 Å². The van der Waals surface area contributed by atoms with Crippen molar-refractivity contribution in [2.75, 3.05) is 0 Å². The van der Waals surface area contributed by atoms with Crippen molar-refractivity contribution >= 4 is 17.2 Å². The van der Waals surface area contributed by atoms with Gasteiger partial charge in [0.25, 0.3) is 0 Å². The topological polar surface area (TPSA) is 29.4 Å². The molecular weight excluding hydrogens is 230 g/mol. The van der Waals surface area contributed by atoms with Crippen LogP contribution in [0, 0.1) is 6.92 Å². The predicted octanol–water partition coefficient (Wildman–Crippen LogP) is 4.06. The van der Waals surface area contributed by atoms with E-state index in [4.69, 9.17) is 0 Å². The Morgan fingerprint density at radius 1 is 1.18 bits per heavy atom. The van der Waals surface area contributed by atoms with E-state index < -0.39 is 11.0 Å². The van der Waals surface area contributed by atoms with Crippen LogP contribution in [0.1, 0.15) is 44.6 Å². The summed E-state index contributed by atoms with van der Waals surface area (Å²) in [7, 11) is -1.23. The van der Waals surface area contributed by atoms with Crippen molar-refractivity contribution in [3.8, 4) is 0 Å². The van der Waals surface area contributed by atoms with Crippen LogP contribution in [0.15, 0.2) is 33.6 Å². The standard InChI is InChI=1S/C14H21NOS/c1-3-4-5-6-7-12-15-17(16)14-10-8-13(2)9-11-14/h8-12H,3-7H2,1-2H3/b15-12+. The summed E-state index contributed by atoms with van der Waals surface area (Å²) in [4.78, 5) is 0.778. The molecule has 0 heterocycles. The van der Waals surface area contributed by atoms with Gasteiger partial charge in [0.05, 0.1) is 4.90 Å². The van der Waals surface area contributed by atoms with Gasteiger partial charge in [-0.05, 0) is 31.9 Å². The highest BCUT2D eigenvalue weighted by atomic mass is 32.2. The first-order valence-corrected chi connectivity index (χ1v) is 7.36. The Kier molecular flexibility index (Phi) is 6.78. The van der Waals surface area contributed by atoms with Crippen LogP contribution < -0.4 is 0 Å². The molecule has 0 spiro atoms. The third kappa shape index (κ3) is 5.78. The molecule has 1 atom stereocenters. The Morgan fingerprint density at radius 3 is 2.53 bits per heavy atom. The molecule has 1 rings (SSSR count). The van der Waals surface area contributed by atoms with Crippen molar-refractivity contribution < 1.29 is 4.21 Å². The summed E-state index contributed by atoms with van der Waals surface area (Å²) >= 11 is 0. The van der Waals surface area contributed by atoms with E-state index in [1.807, 2.05) is 31.2 Å². The monoisotopic (exact) mass is 251 g/mol. The van der Waals surface area contributed by atoms with E-state index in [0.29, 0.717) is 0 Å². The summed E-state index contributed by atoms with van der Waals surface area (Å²) in [5.41, 5.74) is 1.18. The zero-order valence-electron chi connectivity index (χ0n) is 10.7. The molecule has 0 aliphatic rings. The minimum Gasteiger partial charge on any atom is -0.230 e. The molecule has 94 valence electrons. The van der Waals surface area contributed by atoms with Crippen molar-refractivity contribution in [1.82, 2.24) is 0 Å². The van der Waals surface area contributed by atoms with Crippen molar-refractivity contribution in [1.29, 1.82) is 0 Å². The molecule has 1 unspecified atom stereocenters. The van der Waals surface area contributed by atoms with E-state index in [-0.39, 0.29) is 0 Å². The molecule has 0 fully saturated rings. The highest BCUT2D eigenvalue weighted by Crippen LogP contribution is 2.09. The molecule has 0 saturated carbocycles. The number of unbranched alkanes of at least 4 members (excludes halogenated alkanes) is 4. The molecule has 0 N–H and O–H groups in total. The second-order valence-corrected chi connectivity index (χ2v) is 5.38. The van der Waals surface area contributed by atoms with E-state index in [9.17, 15) is 4.21 Å². The number of rotatable bonds is 7. The quantitative estimate of drug-likeness (QED) is 0.531. The molecule has 0 aromatic heterocycles. The molecule has 1 aromatic carbocycles. The molecule has 3 heteroatoms. The van der Waals surface area contributed by atoms with Gasteiger partial charge in [0, 0.05) is 6.21 Å². The lowest BCUT2D eigenvalue weighted by Gasteiger charge is -1.97. The number of aryl methyl sites for hydroxylation is 1. The Hall–Kier alpha value is -0.960. The first-order valence-electron chi connectivity index (χ1n) is 6.25. The summed E-state index contributed by atoms with van der Waals surface area (Å²) in [5, 5.41) is 0. The fourth-order valence-corrected chi connectivity index (χ4v) is 2.23. The Labute approximate surface area is 107 Å². The van der Waals surface area contributed by atoms with Gasteiger partial charge >= 0.3 is 0 Å². The van der Waals surface area contributed by atoms with Gasteiger partial charge < -0.3 is 0 Å². The van der Waals surface area contributed by atoms with Crippen LogP contribution in [-0.2, 0) is 11.0 Å². The first-order chi connectivity index (χ1) is 8.24. The summed E-state index contributed by atoms with van der Waals surface area (Å²) in [6.45, 7) is 4.21. The van der Waals surface area contributed by atoms with Gasteiger partial charge in [-0.3, -0.25) is 0 Å². The second kappa shape index (κ2) is 8.18. The van der Waals surface area contributed by atoms with Crippen molar-refractivity contribution in [2.24, 2.45) is 4.40 Å². The van der Waals surface area contributed by atoms with Crippen molar-refractivity contribution in [3.63, 3.8) is 0 Å². The van der Waals surface area contributed by atoms with Crippen LogP contribution >= 0.6 is 0 Å². The molecule has 2 nitrogen and oxygen atoms in total. The van der Waals surface area contributed by atoms with E-state index >= 15 is 0 Å². The second-order valence-electron chi connectivity index (χ2n) is 4.20. The molecule has 0 saturated heterocycles. The Bertz CT molecular complexity index is 370. The molecule has 0 aliphatic heterocycles. The van der Waals surface area contributed by atoms with Crippen LogP contribution in [-0.4, -0.2) is 10.4 Å². The Balaban J connectivity index is 2.33. The fourth-order valence-electron chi connectivity index (χ4n) is 1.50. The van der Waals surface area contributed by atoms with Crippen LogP contribution in [0.2, 0.25) is 0 Å². The van der Waals surface area contributed by atoms with Gasteiger partial charge in [0.1, 0.15) is 0 Å². The summed E-state index contributed by atoms with van der Waals surface area (Å²) in [6, 6.07) is 7.67. The summed E-state index contributed by atoms with van der Waals surface area (Å²) in [5.74, 6) is 0. The minimum absolute atomic E-state index is 0.778. The first kappa shape index (κ1) is 14.1. The summed E-state index contributed by atoms with van der Waals surface area (Å²) in [6.07, 6.45) is 7.62. The van der Waals surface area contributed by atoms with Crippen LogP contribution in [0.4, 0.5) is 0 Å². The van der Waals surface area contributed by atoms with Crippen molar-refractivity contribution in [2.45, 2.75) is 50.8 Å². The minimum atomic E-state index is -1.23. The van der Waals surface area contributed by atoms with Crippen molar-refractivity contribution in [3.05, 3.63) is 29.8 Å². The van der Waals surface area contributed by atoms with Crippen LogP contribution in [0.5, 0.6) is 0 Å². The highest BCUT2D eigenvalue weighted by molar-refractivity contribution is 7.83. The van der Waals surface area contributed by atoms with E-state index in [1.54, 1.807) is 6.21 Å². The lowest BCUT2D eigenvalue weighted by atomic mass is 10.2. The Morgan fingerprint density at radius 2 is 1.88 bits per heavy atom. The molecule has 17 heavy (non-hydrogen) atoms. The molecule has 0 bridgehead atoms. The van der Waals surface area contributed by atoms with Gasteiger partial charge in [0.15, 0.2) is 11.0 Å². The van der Waals surface area contributed by atoms with Crippen LogP contribution in [0.25, 0.3) is 0 Å². The number of benzene rings is 1. The van der Waals surface area contributed by atoms with Gasteiger partial charge in [-0.1, -0.05) is 43.9 Å². The maximum Gasteiger partial charge on any atom is 0.172 e. The zero-order chi connectivity index (χ0) is 12.5. The third-order valence-corrected chi connectivity index (χ3v) is 3.60. The normalized spacial score (nSPS) is 13.1. The molecule has 0 amide bonds. The van der Waals surface area contributed by atoms with E-state index in [0.717, 1.165) is 17.7 Å². The lowest BCUT2D eigenvalue weighted by molar-refractivity contribution is 0.681. The van der Waals surface area contributed by atoms with E-state index in [1.165, 1.54) is 24.8 Å². The average molecular weight is 251 g/mol. The summed E-state index contributed by atoms with van der Waals surface area (Å²) < 4.78 is 15.8. The highest BCUT2D eigenvalue weighted by Gasteiger charge is 1.99. The fraction of sp³-hybridized carbons (Fsp3) is 0.500. The zero-order valence-corrected chi connectivity index (χ0v) is 11.5. The smallest absolute Gasteiger partial charge is 0.172 e. The number of hydrogen-bond acceptors (Lipinski definition) is 1. The predicted molar refractivity (Wildman–Crippen MR) is 74.8 cm³/mol. The average Bonchev–Trinajstić information content (AvgIpc) is 2.34. The van der Waals surface area contributed by atoms with E-state index in [2.05, 4.69) is 11.3 Å². The number of hydrogen-bond donors (Lipinski definition) is 0. The van der Waals surface area contributed by atoms with Gasteiger partial charge in [-0.2, -0.15) is 4.40 Å². The maximum atomic E-state index is 11.8. The largest absolute Gasteiger partial charge is 0.230 e. The molecule has 0 radical (unpaired) electrons. The molecule has 1 aromatic rings. The lowest BCUT2D eigenvalue weighted by Crippen LogP contribution is -1.88. The SMILES string of the molecule is CCCCCC/C=N/S(=O)c1ccc(C)cc1. The van der Waals surface area contributed by atoms with Gasteiger partial charge in [-0.15, -0.1) is 0 Å². The molecular formula is C14H21NOS. The number of nitrogens with zero attached hydrogens (tertiary/aromatic N) is 1. The maximum absolute atomic E-state index is 11.8. The van der Waals surface area contributed by atoms with Gasteiger partial charge in [-0.25, -0.2) is 4.21 Å². The molecule has 0 aliphatic carbocycles. The third-order valence-electron chi connectivity index (χ3n) is 2.58. The van der Waals surface area contributed by atoms with Gasteiger partial charge in [0.2, 0.25) is 0 Å².